The number of hydrogen-bond donors (Lipinski definition) is 0. The molecule has 1 fully saturated rings. The van der Waals surface area contributed by atoms with E-state index in [9.17, 15) is 9.59 Å². The third kappa shape index (κ3) is 2.46. The van der Waals surface area contributed by atoms with Gasteiger partial charge in [-0.25, -0.2) is 0 Å². The number of benzene rings is 1. The van der Waals surface area contributed by atoms with Crippen LogP contribution in [-0.2, 0) is 4.79 Å². The molecule has 1 aromatic carbocycles. The fourth-order valence-electron chi connectivity index (χ4n) is 1.91. The number of likely N-dealkylation sites (tertiary alicyclic amines) is 1. The van der Waals surface area contributed by atoms with Gasteiger partial charge in [-0.3, -0.25) is 14.5 Å². The summed E-state index contributed by atoms with van der Waals surface area (Å²) in [6.45, 7) is 0.531. The second kappa shape index (κ2) is 4.99. The molecule has 0 aliphatic carbocycles. The highest BCUT2D eigenvalue weighted by Gasteiger charge is 2.25. The van der Waals surface area contributed by atoms with Gasteiger partial charge >= 0.3 is 0 Å². The van der Waals surface area contributed by atoms with Crippen LogP contribution in [0.2, 0.25) is 0 Å². The van der Waals surface area contributed by atoms with Crippen LogP contribution in [0.25, 0.3) is 0 Å². The molecule has 4 nitrogen and oxygen atoms in total. The Morgan fingerprint density at radius 1 is 1.24 bits per heavy atom. The second-order valence-electron chi connectivity index (χ2n) is 4.04. The number of carbonyl (C=O) groups excluding carboxylic acids is 2. The van der Waals surface area contributed by atoms with Gasteiger partial charge in [0.2, 0.25) is 5.91 Å². The maximum absolute atomic E-state index is 12.1. The molecule has 4 heteroatoms. The van der Waals surface area contributed by atoms with Crippen LogP contribution in [0.1, 0.15) is 29.6 Å². The summed E-state index contributed by atoms with van der Waals surface area (Å²) < 4.78 is 5.02. The molecule has 0 atom stereocenters. The van der Waals surface area contributed by atoms with Gasteiger partial charge in [-0.2, -0.15) is 0 Å². The number of imide groups is 1. The molecular weight excluding hydrogens is 218 g/mol. The van der Waals surface area contributed by atoms with E-state index in [4.69, 9.17) is 4.74 Å². The smallest absolute Gasteiger partial charge is 0.260 e. The van der Waals surface area contributed by atoms with E-state index in [0.717, 1.165) is 12.8 Å². The number of piperidine rings is 1. The minimum atomic E-state index is -0.211. The minimum Gasteiger partial charge on any atom is -0.497 e. The second-order valence-corrected chi connectivity index (χ2v) is 4.04. The van der Waals surface area contributed by atoms with E-state index in [1.165, 1.54) is 4.90 Å². The van der Waals surface area contributed by atoms with Crippen LogP contribution in [-0.4, -0.2) is 30.4 Å². The Kier molecular flexibility index (Phi) is 3.42. The van der Waals surface area contributed by atoms with Crippen molar-refractivity contribution in [3.8, 4) is 5.75 Å². The number of carbonyl (C=O) groups is 2. The summed E-state index contributed by atoms with van der Waals surface area (Å²) >= 11 is 0. The van der Waals surface area contributed by atoms with Gasteiger partial charge < -0.3 is 4.74 Å². The first-order valence-electron chi connectivity index (χ1n) is 5.71. The number of ether oxygens (including phenoxy) is 1. The first kappa shape index (κ1) is 11.6. The van der Waals surface area contributed by atoms with E-state index >= 15 is 0 Å². The van der Waals surface area contributed by atoms with Crippen molar-refractivity contribution in [1.29, 1.82) is 0 Å². The van der Waals surface area contributed by atoms with Gasteiger partial charge in [0.05, 0.1) is 7.11 Å². The lowest BCUT2D eigenvalue weighted by Crippen LogP contribution is -2.40. The lowest BCUT2D eigenvalue weighted by Gasteiger charge is -2.24. The van der Waals surface area contributed by atoms with Crippen LogP contribution < -0.4 is 4.74 Å². The topological polar surface area (TPSA) is 46.6 Å². The quantitative estimate of drug-likeness (QED) is 0.732. The van der Waals surface area contributed by atoms with Crippen molar-refractivity contribution >= 4 is 11.8 Å². The molecule has 1 aliphatic rings. The van der Waals surface area contributed by atoms with Crippen LogP contribution in [0.15, 0.2) is 24.3 Å². The first-order chi connectivity index (χ1) is 8.22. The molecular formula is C13H15NO3. The summed E-state index contributed by atoms with van der Waals surface area (Å²) in [7, 11) is 1.57. The Balaban J connectivity index is 2.15. The van der Waals surface area contributed by atoms with Crippen LogP contribution in [0, 0.1) is 0 Å². The minimum absolute atomic E-state index is 0.0722. The summed E-state index contributed by atoms with van der Waals surface area (Å²) in [5, 5.41) is 0. The maximum atomic E-state index is 12.1. The average Bonchev–Trinajstić information content (AvgIpc) is 2.39. The highest BCUT2D eigenvalue weighted by atomic mass is 16.5. The predicted molar refractivity (Wildman–Crippen MR) is 62.9 cm³/mol. The summed E-state index contributed by atoms with van der Waals surface area (Å²) in [5.74, 6) is 0.418. The SMILES string of the molecule is COc1ccc(C(=O)N2CCCCC2=O)cc1. The fraction of sp³-hybridized carbons (Fsp3) is 0.385. The molecule has 2 amide bonds. The number of hydrogen-bond acceptors (Lipinski definition) is 3. The normalized spacial score (nSPS) is 15.8. The van der Waals surface area contributed by atoms with Gasteiger partial charge in [-0.1, -0.05) is 0 Å². The number of methoxy groups -OCH3 is 1. The van der Waals surface area contributed by atoms with Crippen LogP contribution >= 0.6 is 0 Å². The van der Waals surface area contributed by atoms with Crippen LogP contribution in [0.4, 0.5) is 0 Å². The van der Waals surface area contributed by atoms with Crippen molar-refractivity contribution in [3.05, 3.63) is 29.8 Å². The molecule has 0 radical (unpaired) electrons. The van der Waals surface area contributed by atoms with E-state index in [1.807, 2.05) is 0 Å². The van der Waals surface area contributed by atoms with Gasteiger partial charge in [-0.05, 0) is 37.1 Å². The van der Waals surface area contributed by atoms with E-state index < -0.39 is 0 Å². The van der Waals surface area contributed by atoms with Crippen molar-refractivity contribution in [3.63, 3.8) is 0 Å². The number of nitrogens with zero attached hydrogens (tertiary/aromatic N) is 1. The van der Waals surface area contributed by atoms with Crippen molar-refractivity contribution in [2.45, 2.75) is 19.3 Å². The number of amides is 2. The van der Waals surface area contributed by atoms with Crippen molar-refractivity contribution < 1.29 is 14.3 Å². The summed E-state index contributed by atoms with van der Waals surface area (Å²) in [4.78, 5) is 25.0. The lowest BCUT2D eigenvalue weighted by atomic mass is 10.1. The molecule has 90 valence electrons. The molecule has 1 saturated heterocycles. The van der Waals surface area contributed by atoms with E-state index in [2.05, 4.69) is 0 Å². The Hall–Kier alpha value is -1.84. The summed E-state index contributed by atoms with van der Waals surface area (Å²) in [6.07, 6.45) is 2.25. The Labute approximate surface area is 100 Å². The van der Waals surface area contributed by atoms with Gasteiger partial charge in [0.15, 0.2) is 0 Å². The molecule has 1 heterocycles. The fourth-order valence-corrected chi connectivity index (χ4v) is 1.91. The molecule has 2 rings (SSSR count). The first-order valence-corrected chi connectivity index (χ1v) is 5.71. The zero-order chi connectivity index (χ0) is 12.3. The van der Waals surface area contributed by atoms with Crippen molar-refractivity contribution in [1.82, 2.24) is 4.90 Å². The Morgan fingerprint density at radius 3 is 2.53 bits per heavy atom. The molecule has 1 aromatic rings. The number of rotatable bonds is 2. The molecule has 0 aromatic heterocycles. The molecule has 17 heavy (non-hydrogen) atoms. The van der Waals surface area contributed by atoms with Gasteiger partial charge in [-0.15, -0.1) is 0 Å². The highest BCUT2D eigenvalue weighted by molar-refractivity contribution is 6.05. The zero-order valence-corrected chi connectivity index (χ0v) is 9.81. The van der Waals surface area contributed by atoms with Crippen molar-refractivity contribution in [2.24, 2.45) is 0 Å². The van der Waals surface area contributed by atoms with E-state index in [0.29, 0.717) is 24.3 Å². The monoisotopic (exact) mass is 233 g/mol. The standard InChI is InChI=1S/C13H15NO3/c1-17-11-7-5-10(6-8-11)13(16)14-9-3-2-4-12(14)15/h5-8H,2-4,9H2,1H3. The van der Waals surface area contributed by atoms with Gasteiger partial charge in [0, 0.05) is 18.5 Å². The Morgan fingerprint density at radius 2 is 1.94 bits per heavy atom. The van der Waals surface area contributed by atoms with Crippen LogP contribution in [0.3, 0.4) is 0 Å². The Bertz CT molecular complexity index is 425. The third-order valence-electron chi connectivity index (χ3n) is 2.91. The predicted octanol–water partition coefficient (Wildman–Crippen LogP) is 1.85. The molecule has 0 bridgehead atoms. The summed E-state index contributed by atoms with van der Waals surface area (Å²) in [6, 6.07) is 6.81. The highest BCUT2D eigenvalue weighted by Crippen LogP contribution is 2.17. The summed E-state index contributed by atoms with van der Waals surface area (Å²) in [5.41, 5.74) is 0.529. The van der Waals surface area contributed by atoms with Gasteiger partial charge in [0.1, 0.15) is 5.75 Å². The molecule has 0 unspecified atom stereocenters. The van der Waals surface area contributed by atoms with E-state index in [1.54, 1.807) is 31.4 Å². The molecule has 0 spiro atoms. The lowest BCUT2D eigenvalue weighted by molar-refractivity contribution is -0.130. The molecule has 0 N–H and O–H groups in total. The third-order valence-corrected chi connectivity index (χ3v) is 2.91. The average molecular weight is 233 g/mol. The van der Waals surface area contributed by atoms with Gasteiger partial charge in [0.25, 0.3) is 5.91 Å². The largest absolute Gasteiger partial charge is 0.497 e. The molecule has 1 aliphatic heterocycles. The molecule has 0 saturated carbocycles. The van der Waals surface area contributed by atoms with E-state index in [-0.39, 0.29) is 11.8 Å². The maximum Gasteiger partial charge on any atom is 0.260 e. The van der Waals surface area contributed by atoms with Crippen molar-refractivity contribution in [2.75, 3.05) is 13.7 Å². The van der Waals surface area contributed by atoms with Crippen LogP contribution in [0.5, 0.6) is 5.75 Å². The zero-order valence-electron chi connectivity index (χ0n) is 9.81.